The average Bonchev–Trinajstić information content (AvgIpc) is 2.73. The van der Waals surface area contributed by atoms with E-state index >= 15 is 0 Å². The Morgan fingerprint density at radius 1 is 0.933 bits per heavy atom. The van der Waals surface area contributed by atoms with Gasteiger partial charge < -0.3 is 5.32 Å². The Morgan fingerprint density at radius 3 is 2.40 bits per heavy atom. The first-order chi connectivity index (χ1) is 14.4. The van der Waals surface area contributed by atoms with Crippen molar-refractivity contribution in [2.75, 3.05) is 5.32 Å². The molecule has 0 saturated heterocycles. The van der Waals surface area contributed by atoms with Gasteiger partial charge in [0.15, 0.2) is 5.78 Å². The number of fused-ring (bicyclic) bond motifs is 1. The van der Waals surface area contributed by atoms with Crippen LogP contribution in [-0.4, -0.2) is 16.7 Å². The quantitative estimate of drug-likeness (QED) is 0.262. The second-order valence-electron chi connectivity index (χ2n) is 7.07. The molecule has 1 amide bonds. The van der Waals surface area contributed by atoms with Crippen molar-refractivity contribution in [2.45, 2.75) is 13.8 Å². The third-order valence-corrected chi connectivity index (χ3v) is 5.60. The highest BCUT2D eigenvalue weighted by molar-refractivity contribution is 14.1. The van der Waals surface area contributed by atoms with Crippen LogP contribution in [0.15, 0.2) is 72.8 Å². The van der Waals surface area contributed by atoms with E-state index in [1.54, 1.807) is 13.0 Å². The summed E-state index contributed by atoms with van der Waals surface area (Å²) in [5.41, 5.74) is 5.12. The minimum absolute atomic E-state index is 0.0333. The molecule has 0 unspecified atom stereocenters. The number of anilines is 1. The second kappa shape index (κ2) is 8.36. The molecule has 0 aliphatic heterocycles. The lowest BCUT2D eigenvalue weighted by molar-refractivity contribution is 0.101. The van der Waals surface area contributed by atoms with Crippen LogP contribution in [0.5, 0.6) is 0 Å². The number of aryl methyl sites for hydroxylation is 1. The summed E-state index contributed by atoms with van der Waals surface area (Å²) in [5, 5.41) is 3.80. The third kappa shape index (κ3) is 3.98. The summed E-state index contributed by atoms with van der Waals surface area (Å²) in [4.78, 5) is 29.8. The van der Waals surface area contributed by atoms with Gasteiger partial charge in [-0.1, -0.05) is 36.4 Å². The summed E-state index contributed by atoms with van der Waals surface area (Å²) >= 11 is 2.18. The Bertz CT molecular complexity index is 1280. The summed E-state index contributed by atoms with van der Waals surface area (Å²) in [6.45, 7) is 3.42. The molecule has 30 heavy (non-hydrogen) atoms. The summed E-state index contributed by atoms with van der Waals surface area (Å²) in [5.74, 6) is -0.213. The molecule has 0 aliphatic carbocycles. The van der Waals surface area contributed by atoms with Gasteiger partial charge in [0.1, 0.15) is 0 Å². The molecule has 1 heterocycles. The van der Waals surface area contributed by atoms with E-state index in [1.165, 1.54) is 0 Å². The highest BCUT2D eigenvalue weighted by atomic mass is 127. The minimum atomic E-state index is -0.180. The molecule has 148 valence electrons. The molecular weight excluding hydrogens is 487 g/mol. The van der Waals surface area contributed by atoms with Crippen molar-refractivity contribution in [2.24, 2.45) is 0 Å². The van der Waals surface area contributed by atoms with Gasteiger partial charge in [0.2, 0.25) is 0 Å². The lowest BCUT2D eigenvalue weighted by Crippen LogP contribution is -2.12. The van der Waals surface area contributed by atoms with E-state index in [4.69, 9.17) is 0 Å². The van der Waals surface area contributed by atoms with Crippen LogP contribution < -0.4 is 5.32 Å². The van der Waals surface area contributed by atoms with Crippen molar-refractivity contribution >= 4 is 50.9 Å². The van der Waals surface area contributed by atoms with Crippen LogP contribution in [0, 0.1) is 10.5 Å². The van der Waals surface area contributed by atoms with Gasteiger partial charge in [0, 0.05) is 37.0 Å². The summed E-state index contributed by atoms with van der Waals surface area (Å²) < 4.78 is 0.996. The zero-order valence-electron chi connectivity index (χ0n) is 16.6. The van der Waals surface area contributed by atoms with Gasteiger partial charge in [0.05, 0.1) is 5.52 Å². The first kappa shape index (κ1) is 20.2. The fraction of sp³-hybridized carbons (Fsp3) is 0.0800. The highest BCUT2D eigenvalue weighted by Crippen LogP contribution is 2.34. The van der Waals surface area contributed by atoms with E-state index < -0.39 is 0 Å². The number of benzene rings is 3. The largest absolute Gasteiger partial charge is 0.322 e. The number of carbonyl (C=O) groups excluding carboxylic acids is 2. The summed E-state index contributed by atoms with van der Waals surface area (Å²) in [7, 11) is 0. The Kier molecular flexibility index (Phi) is 5.63. The number of amides is 1. The van der Waals surface area contributed by atoms with E-state index in [0.717, 1.165) is 25.6 Å². The number of nitrogens with zero attached hydrogens (tertiary/aromatic N) is 1. The number of hydrogen-bond donors (Lipinski definition) is 1. The van der Waals surface area contributed by atoms with Crippen LogP contribution in [0.2, 0.25) is 0 Å². The number of hydrogen-bond acceptors (Lipinski definition) is 3. The van der Waals surface area contributed by atoms with Gasteiger partial charge in [-0.15, -0.1) is 0 Å². The Labute approximate surface area is 188 Å². The molecular formula is C25H19IN2O2. The van der Waals surface area contributed by atoms with Crippen LogP contribution in [0.25, 0.3) is 22.0 Å². The molecule has 4 nitrogen and oxygen atoms in total. The molecule has 0 fully saturated rings. The maximum absolute atomic E-state index is 12.7. The van der Waals surface area contributed by atoms with E-state index in [-0.39, 0.29) is 11.7 Å². The van der Waals surface area contributed by atoms with Crippen LogP contribution in [0.3, 0.4) is 0 Å². The van der Waals surface area contributed by atoms with Gasteiger partial charge >= 0.3 is 0 Å². The fourth-order valence-corrected chi connectivity index (χ4v) is 4.18. The molecule has 0 radical (unpaired) electrons. The van der Waals surface area contributed by atoms with Crippen LogP contribution in [0.1, 0.15) is 33.3 Å². The lowest BCUT2D eigenvalue weighted by atomic mass is 9.92. The topological polar surface area (TPSA) is 59.1 Å². The first-order valence-corrected chi connectivity index (χ1v) is 10.6. The lowest BCUT2D eigenvalue weighted by Gasteiger charge is -2.15. The molecule has 0 spiro atoms. The smallest absolute Gasteiger partial charge is 0.255 e. The van der Waals surface area contributed by atoms with Gasteiger partial charge in [-0.2, -0.15) is 0 Å². The molecule has 5 heteroatoms. The van der Waals surface area contributed by atoms with Crippen LogP contribution >= 0.6 is 22.6 Å². The molecule has 0 aliphatic rings. The normalized spacial score (nSPS) is 10.8. The van der Waals surface area contributed by atoms with Gasteiger partial charge in [-0.3, -0.25) is 14.6 Å². The molecule has 4 rings (SSSR count). The molecule has 1 N–H and O–H groups in total. The first-order valence-electron chi connectivity index (χ1n) is 9.51. The number of Topliss-reactive ketones (excluding diaryl/α,β-unsaturated/α-hetero) is 1. The molecule has 3 aromatic carbocycles. The van der Waals surface area contributed by atoms with Crippen molar-refractivity contribution in [1.29, 1.82) is 0 Å². The highest BCUT2D eigenvalue weighted by Gasteiger charge is 2.18. The van der Waals surface area contributed by atoms with Crippen molar-refractivity contribution in [1.82, 2.24) is 4.98 Å². The number of nitrogens with one attached hydrogen (secondary N) is 1. The second-order valence-corrected chi connectivity index (χ2v) is 8.31. The minimum Gasteiger partial charge on any atom is -0.322 e. The number of aromatic nitrogens is 1. The monoisotopic (exact) mass is 506 g/mol. The predicted molar refractivity (Wildman–Crippen MR) is 129 cm³/mol. The van der Waals surface area contributed by atoms with E-state index in [0.29, 0.717) is 22.5 Å². The van der Waals surface area contributed by atoms with Crippen molar-refractivity contribution in [3.05, 3.63) is 93.2 Å². The molecule has 4 aromatic rings. The zero-order chi connectivity index (χ0) is 21.3. The third-order valence-electron chi connectivity index (χ3n) is 4.93. The number of halogens is 1. The number of carbonyl (C=O) groups is 2. The van der Waals surface area contributed by atoms with Crippen LogP contribution in [0.4, 0.5) is 5.69 Å². The predicted octanol–water partition coefficient (Wildman–Crippen LogP) is 6.27. The molecule has 0 bridgehead atoms. The van der Waals surface area contributed by atoms with E-state index in [1.807, 2.05) is 73.7 Å². The van der Waals surface area contributed by atoms with Crippen molar-refractivity contribution in [3.63, 3.8) is 0 Å². The number of ketones is 1. The van der Waals surface area contributed by atoms with Crippen molar-refractivity contribution < 1.29 is 9.59 Å². The maximum atomic E-state index is 12.7. The van der Waals surface area contributed by atoms with Gasteiger partial charge in [-0.05, 0) is 78.4 Å². The van der Waals surface area contributed by atoms with Crippen LogP contribution in [-0.2, 0) is 0 Å². The van der Waals surface area contributed by atoms with Gasteiger partial charge in [-0.25, -0.2) is 0 Å². The van der Waals surface area contributed by atoms with E-state index in [9.17, 15) is 9.59 Å². The number of rotatable bonds is 4. The fourth-order valence-electron chi connectivity index (χ4n) is 3.63. The van der Waals surface area contributed by atoms with Gasteiger partial charge in [0.25, 0.3) is 5.91 Å². The molecule has 0 atom stereocenters. The zero-order valence-corrected chi connectivity index (χ0v) is 18.7. The molecule has 0 saturated carbocycles. The SMILES string of the molecule is CC(=O)c1c(C)nc2ccc(NC(=O)c3cccc(I)c3)cc2c1-c1ccccc1. The van der Waals surface area contributed by atoms with Crippen molar-refractivity contribution in [3.8, 4) is 11.1 Å². The average molecular weight is 506 g/mol. The van der Waals surface area contributed by atoms with E-state index in [2.05, 4.69) is 32.9 Å². The summed E-state index contributed by atoms with van der Waals surface area (Å²) in [6, 6.07) is 22.8. The summed E-state index contributed by atoms with van der Waals surface area (Å²) in [6.07, 6.45) is 0. The Hall–Kier alpha value is -3.06. The Morgan fingerprint density at radius 2 is 1.70 bits per heavy atom. The maximum Gasteiger partial charge on any atom is 0.255 e. The molecule has 1 aromatic heterocycles. The standard InChI is InChI=1S/C25H19IN2O2/c1-15-23(16(2)29)24(17-7-4-3-5-8-17)21-14-20(11-12-22(21)27-15)28-25(30)18-9-6-10-19(26)13-18/h3-14H,1-2H3,(H,28,30). The number of pyridine rings is 1. The Balaban J connectivity index is 1.86.